The highest BCUT2D eigenvalue weighted by atomic mass is 16.2. The largest absolute Gasteiger partial charge is 0.361 e. The predicted octanol–water partition coefficient (Wildman–Crippen LogP) is 3.97. The highest BCUT2D eigenvalue weighted by Crippen LogP contribution is 2.29. The second kappa shape index (κ2) is 5.24. The van der Waals surface area contributed by atoms with Gasteiger partial charge in [-0.3, -0.25) is 4.79 Å². The Morgan fingerprint density at radius 3 is 2.57 bits per heavy atom. The highest BCUT2D eigenvalue weighted by molar-refractivity contribution is 6.03. The third-order valence-electron chi connectivity index (χ3n) is 3.99. The zero-order chi connectivity index (χ0) is 15.0. The first-order valence-electron chi connectivity index (χ1n) is 7.33. The lowest BCUT2D eigenvalue weighted by molar-refractivity contribution is 0.0935. The standard InChI is InChI=1S/C18H20N2O/c1-11(2)13-7-5-8-14(10-13)17-19-15-9-4-6-12(3)16(15)18(21)20-17/h4-11,17,19H,1-3H3,(H,20,21). The van der Waals surface area contributed by atoms with Gasteiger partial charge in [0.2, 0.25) is 0 Å². The molecule has 1 heterocycles. The van der Waals surface area contributed by atoms with E-state index in [1.807, 2.05) is 37.3 Å². The maximum absolute atomic E-state index is 12.4. The van der Waals surface area contributed by atoms with Crippen molar-refractivity contribution in [2.75, 3.05) is 5.32 Å². The second-order valence-electron chi connectivity index (χ2n) is 5.87. The molecular weight excluding hydrogens is 260 g/mol. The van der Waals surface area contributed by atoms with Gasteiger partial charge in [0, 0.05) is 5.69 Å². The number of nitrogens with one attached hydrogen (secondary N) is 2. The topological polar surface area (TPSA) is 41.1 Å². The molecule has 0 spiro atoms. The van der Waals surface area contributed by atoms with Crippen LogP contribution in [0.15, 0.2) is 42.5 Å². The van der Waals surface area contributed by atoms with E-state index in [1.165, 1.54) is 5.56 Å². The van der Waals surface area contributed by atoms with Crippen molar-refractivity contribution in [1.29, 1.82) is 0 Å². The molecule has 2 N–H and O–H groups in total. The summed E-state index contributed by atoms with van der Waals surface area (Å²) >= 11 is 0. The number of hydrogen-bond donors (Lipinski definition) is 2. The van der Waals surface area contributed by atoms with E-state index in [1.54, 1.807) is 0 Å². The van der Waals surface area contributed by atoms with E-state index in [9.17, 15) is 4.79 Å². The Bertz CT molecular complexity index is 691. The van der Waals surface area contributed by atoms with E-state index in [0.717, 1.165) is 22.4 Å². The molecule has 3 heteroatoms. The lowest BCUT2D eigenvalue weighted by Gasteiger charge is -2.29. The van der Waals surface area contributed by atoms with E-state index in [0.29, 0.717) is 5.92 Å². The summed E-state index contributed by atoms with van der Waals surface area (Å²) in [5.74, 6) is 0.459. The van der Waals surface area contributed by atoms with Gasteiger partial charge in [0.1, 0.15) is 6.17 Å². The molecule has 0 bridgehead atoms. The van der Waals surface area contributed by atoms with Crippen molar-refractivity contribution in [2.24, 2.45) is 0 Å². The number of anilines is 1. The predicted molar refractivity (Wildman–Crippen MR) is 85.5 cm³/mol. The molecule has 3 nitrogen and oxygen atoms in total. The number of fused-ring (bicyclic) bond motifs is 1. The first-order chi connectivity index (χ1) is 10.1. The Labute approximate surface area is 125 Å². The maximum atomic E-state index is 12.4. The summed E-state index contributed by atoms with van der Waals surface area (Å²) in [6.45, 7) is 6.30. The zero-order valence-electron chi connectivity index (χ0n) is 12.6. The summed E-state index contributed by atoms with van der Waals surface area (Å²) < 4.78 is 0. The fraction of sp³-hybridized carbons (Fsp3) is 0.278. The van der Waals surface area contributed by atoms with Crippen LogP contribution in [0.25, 0.3) is 0 Å². The van der Waals surface area contributed by atoms with Crippen LogP contribution in [0.2, 0.25) is 0 Å². The molecule has 1 amide bonds. The first kappa shape index (κ1) is 13.7. The summed E-state index contributed by atoms with van der Waals surface area (Å²) in [6, 6.07) is 14.3. The fourth-order valence-electron chi connectivity index (χ4n) is 2.75. The first-order valence-corrected chi connectivity index (χ1v) is 7.33. The third-order valence-corrected chi connectivity index (χ3v) is 3.99. The Hall–Kier alpha value is -2.29. The van der Waals surface area contributed by atoms with Crippen molar-refractivity contribution < 1.29 is 4.79 Å². The van der Waals surface area contributed by atoms with E-state index in [-0.39, 0.29) is 12.1 Å². The molecule has 0 aliphatic carbocycles. The van der Waals surface area contributed by atoms with Crippen LogP contribution in [0.4, 0.5) is 5.69 Å². The Morgan fingerprint density at radius 1 is 1.05 bits per heavy atom. The second-order valence-corrected chi connectivity index (χ2v) is 5.87. The maximum Gasteiger partial charge on any atom is 0.255 e. The van der Waals surface area contributed by atoms with E-state index < -0.39 is 0 Å². The van der Waals surface area contributed by atoms with E-state index in [4.69, 9.17) is 0 Å². The molecule has 1 aliphatic heterocycles. The van der Waals surface area contributed by atoms with Gasteiger partial charge in [0.05, 0.1) is 5.56 Å². The minimum atomic E-state index is -0.175. The quantitative estimate of drug-likeness (QED) is 0.874. The summed E-state index contributed by atoms with van der Waals surface area (Å²) in [4.78, 5) is 12.4. The summed E-state index contributed by atoms with van der Waals surface area (Å²) in [7, 11) is 0. The van der Waals surface area contributed by atoms with Gasteiger partial charge >= 0.3 is 0 Å². The van der Waals surface area contributed by atoms with Gasteiger partial charge in [-0.15, -0.1) is 0 Å². The van der Waals surface area contributed by atoms with Gasteiger partial charge in [0.25, 0.3) is 5.91 Å². The molecule has 1 atom stereocenters. The Balaban J connectivity index is 1.96. The van der Waals surface area contributed by atoms with Gasteiger partial charge in [0.15, 0.2) is 0 Å². The van der Waals surface area contributed by atoms with Crippen LogP contribution >= 0.6 is 0 Å². The molecule has 2 aromatic rings. The molecule has 0 aromatic heterocycles. The van der Waals surface area contributed by atoms with Crippen molar-refractivity contribution in [3.8, 4) is 0 Å². The minimum absolute atomic E-state index is 0.0122. The molecule has 0 radical (unpaired) electrons. The number of amides is 1. The summed E-state index contributed by atoms with van der Waals surface area (Å²) in [6.07, 6.45) is -0.175. The molecule has 2 aromatic carbocycles. The fourth-order valence-corrected chi connectivity index (χ4v) is 2.75. The van der Waals surface area contributed by atoms with Crippen LogP contribution in [0.1, 0.15) is 53.0 Å². The molecule has 1 unspecified atom stereocenters. The normalized spacial score (nSPS) is 17.1. The molecule has 0 saturated carbocycles. The average molecular weight is 280 g/mol. The molecule has 21 heavy (non-hydrogen) atoms. The van der Waals surface area contributed by atoms with Gasteiger partial charge < -0.3 is 10.6 Å². The van der Waals surface area contributed by atoms with Crippen LogP contribution in [0.5, 0.6) is 0 Å². The number of aryl methyl sites for hydroxylation is 1. The van der Waals surface area contributed by atoms with Gasteiger partial charge in [-0.1, -0.05) is 50.2 Å². The zero-order valence-corrected chi connectivity index (χ0v) is 12.6. The average Bonchev–Trinajstić information content (AvgIpc) is 2.47. The molecule has 1 aliphatic rings. The SMILES string of the molecule is Cc1cccc2c1C(=O)NC(c1cccc(C(C)C)c1)N2. The highest BCUT2D eigenvalue weighted by Gasteiger charge is 2.25. The van der Waals surface area contributed by atoms with Gasteiger partial charge in [-0.2, -0.15) is 0 Å². The summed E-state index contributed by atoms with van der Waals surface area (Å²) in [5, 5.41) is 6.46. The number of rotatable bonds is 2. The monoisotopic (exact) mass is 280 g/mol. The van der Waals surface area contributed by atoms with Crippen molar-refractivity contribution in [3.05, 3.63) is 64.7 Å². The Kier molecular flexibility index (Phi) is 3.42. The van der Waals surface area contributed by atoms with Gasteiger partial charge in [-0.05, 0) is 35.6 Å². The van der Waals surface area contributed by atoms with E-state index in [2.05, 4.69) is 36.6 Å². The van der Waals surface area contributed by atoms with Crippen molar-refractivity contribution in [3.63, 3.8) is 0 Å². The van der Waals surface area contributed by atoms with Crippen LogP contribution in [0, 0.1) is 6.92 Å². The number of carbonyl (C=O) groups is 1. The molecule has 108 valence electrons. The smallest absolute Gasteiger partial charge is 0.255 e. The molecule has 3 rings (SSSR count). The lowest BCUT2D eigenvalue weighted by atomic mass is 9.97. The van der Waals surface area contributed by atoms with E-state index >= 15 is 0 Å². The lowest BCUT2D eigenvalue weighted by Crippen LogP contribution is -2.38. The number of carbonyl (C=O) groups excluding carboxylic acids is 1. The van der Waals surface area contributed by atoms with Crippen LogP contribution in [-0.4, -0.2) is 5.91 Å². The molecular formula is C18H20N2O. The van der Waals surface area contributed by atoms with Crippen LogP contribution < -0.4 is 10.6 Å². The van der Waals surface area contributed by atoms with Crippen molar-refractivity contribution >= 4 is 11.6 Å². The van der Waals surface area contributed by atoms with Crippen LogP contribution in [0.3, 0.4) is 0 Å². The number of benzene rings is 2. The summed E-state index contributed by atoms with van der Waals surface area (Å²) in [5.41, 5.74) is 5.00. The van der Waals surface area contributed by atoms with Gasteiger partial charge in [-0.25, -0.2) is 0 Å². The third kappa shape index (κ3) is 2.51. The van der Waals surface area contributed by atoms with Crippen molar-refractivity contribution in [1.82, 2.24) is 5.32 Å². The molecule has 0 saturated heterocycles. The van der Waals surface area contributed by atoms with Crippen LogP contribution in [-0.2, 0) is 0 Å². The molecule has 0 fully saturated rings. The Morgan fingerprint density at radius 2 is 1.81 bits per heavy atom. The van der Waals surface area contributed by atoms with Crippen molar-refractivity contribution in [2.45, 2.75) is 32.9 Å². The minimum Gasteiger partial charge on any atom is -0.361 e. The number of hydrogen-bond acceptors (Lipinski definition) is 2.